The fourth-order valence-electron chi connectivity index (χ4n) is 1.32. The second kappa shape index (κ2) is 5.30. The van der Waals surface area contributed by atoms with E-state index in [-0.39, 0.29) is 16.9 Å². The van der Waals surface area contributed by atoms with E-state index < -0.39 is 18.2 Å². The summed E-state index contributed by atoms with van der Waals surface area (Å²) in [6, 6.07) is 5.32. The maximum absolute atomic E-state index is 10.8. The zero-order valence-electron chi connectivity index (χ0n) is 8.99. The lowest BCUT2D eigenvalue weighted by Crippen LogP contribution is -2.16. The molecule has 0 radical (unpaired) electrons. The van der Waals surface area contributed by atoms with E-state index in [9.17, 15) is 9.90 Å². The first-order chi connectivity index (χ1) is 8.01. The molecule has 1 aromatic rings. The van der Waals surface area contributed by atoms with Gasteiger partial charge in [-0.1, -0.05) is 6.07 Å². The molecule has 1 rings (SSSR count). The zero-order valence-corrected chi connectivity index (χ0v) is 8.99. The van der Waals surface area contributed by atoms with Crippen LogP contribution in [0.1, 0.15) is 22.0 Å². The second-order valence-electron chi connectivity index (χ2n) is 3.28. The summed E-state index contributed by atoms with van der Waals surface area (Å²) in [5, 5.41) is 36.0. The predicted molar refractivity (Wildman–Crippen MR) is 56.5 cm³/mol. The van der Waals surface area contributed by atoms with Crippen LogP contribution in [0, 0.1) is 11.3 Å². The molecule has 3 N–H and O–H groups in total. The van der Waals surface area contributed by atoms with Gasteiger partial charge in [-0.2, -0.15) is 5.26 Å². The number of nitrogens with zero attached hydrogens (tertiary/aromatic N) is 1. The maximum atomic E-state index is 10.8. The Morgan fingerprint density at radius 3 is 2.59 bits per heavy atom. The topological polar surface area (TPSA) is 111 Å². The molecule has 0 aromatic heterocycles. The van der Waals surface area contributed by atoms with E-state index in [0.29, 0.717) is 0 Å². The van der Waals surface area contributed by atoms with Crippen molar-refractivity contribution < 1.29 is 24.9 Å². The van der Waals surface area contributed by atoms with Crippen LogP contribution in [0.15, 0.2) is 18.2 Å². The van der Waals surface area contributed by atoms with Crippen molar-refractivity contribution in [3.63, 3.8) is 0 Å². The molecule has 0 aliphatic heterocycles. The highest BCUT2D eigenvalue weighted by Gasteiger charge is 2.20. The highest BCUT2D eigenvalue weighted by atomic mass is 16.5. The molecule has 0 heterocycles. The summed E-state index contributed by atoms with van der Waals surface area (Å²) >= 11 is 0. The summed E-state index contributed by atoms with van der Waals surface area (Å²) in [5.74, 6) is -1.11. The largest absolute Gasteiger partial charge is 0.496 e. The van der Waals surface area contributed by atoms with Gasteiger partial charge in [-0.3, -0.25) is 0 Å². The van der Waals surface area contributed by atoms with Crippen molar-refractivity contribution in [1.29, 1.82) is 5.26 Å². The molecule has 90 valence electrons. The average molecular weight is 237 g/mol. The number of aliphatic hydroxyl groups excluding tert-OH is 2. The van der Waals surface area contributed by atoms with Crippen LogP contribution >= 0.6 is 0 Å². The Kier molecular flexibility index (Phi) is 4.04. The van der Waals surface area contributed by atoms with Gasteiger partial charge < -0.3 is 20.1 Å². The molecule has 0 fully saturated rings. The van der Waals surface area contributed by atoms with Gasteiger partial charge in [0, 0.05) is 0 Å². The number of carbonyl (C=O) groups is 1. The molecule has 0 aliphatic carbocycles. The van der Waals surface area contributed by atoms with Crippen LogP contribution in [0.25, 0.3) is 0 Å². The van der Waals surface area contributed by atoms with Gasteiger partial charge in [-0.15, -0.1) is 0 Å². The van der Waals surface area contributed by atoms with Crippen LogP contribution in [0.3, 0.4) is 0 Å². The number of ether oxygens (including phenoxy) is 1. The van der Waals surface area contributed by atoms with Crippen LogP contribution in [0.5, 0.6) is 5.75 Å². The van der Waals surface area contributed by atoms with E-state index in [1.165, 1.54) is 31.4 Å². The SMILES string of the molecule is COc1cc(C(O)C(O)C#N)ccc1C(=O)O. The quantitative estimate of drug-likeness (QED) is 0.650. The van der Waals surface area contributed by atoms with Gasteiger partial charge in [0.05, 0.1) is 13.2 Å². The van der Waals surface area contributed by atoms with E-state index >= 15 is 0 Å². The Balaban J connectivity index is 3.14. The van der Waals surface area contributed by atoms with Gasteiger partial charge in [0.25, 0.3) is 0 Å². The van der Waals surface area contributed by atoms with Crippen molar-refractivity contribution in [3.8, 4) is 11.8 Å². The Bertz CT molecular complexity index is 465. The number of hydrogen-bond donors (Lipinski definition) is 3. The minimum absolute atomic E-state index is 0.0548. The van der Waals surface area contributed by atoms with Crippen molar-refractivity contribution in [3.05, 3.63) is 29.3 Å². The number of nitriles is 1. The lowest BCUT2D eigenvalue weighted by atomic mass is 10.0. The monoisotopic (exact) mass is 237 g/mol. The normalized spacial score (nSPS) is 13.5. The average Bonchev–Trinajstić information content (AvgIpc) is 2.35. The molecule has 1 aromatic carbocycles. The van der Waals surface area contributed by atoms with Crippen LogP contribution in [0.4, 0.5) is 0 Å². The van der Waals surface area contributed by atoms with Gasteiger partial charge in [0.2, 0.25) is 0 Å². The highest BCUT2D eigenvalue weighted by molar-refractivity contribution is 5.91. The molecule has 0 bridgehead atoms. The minimum atomic E-state index is -1.57. The van der Waals surface area contributed by atoms with Crippen LogP contribution in [-0.2, 0) is 0 Å². The standard InChI is InChI=1S/C11H11NO5/c1-17-9-4-6(10(14)8(13)5-12)2-3-7(9)11(15)16/h2-4,8,10,13-14H,1H3,(H,15,16). The molecular formula is C11H11NO5. The van der Waals surface area contributed by atoms with Crippen molar-refractivity contribution in [2.75, 3.05) is 7.11 Å². The van der Waals surface area contributed by atoms with Crippen LogP contribution in [-0.4, -0.2) is 34.5 Å². The number of aromatic carboxylic acids is 1. The van der Waals surface area contributed by atoms with Crippen molar-refractivity contribution >= 4 is 5.97 Å². The highest BCUT2D eigenvalue weighted by Crippen LogP contribution is 2.25. The second-order valence-corrected chi connectivity index (χ2v) is 3.28. The fourth-order valence-corrected chi connectivity index (χ4v) is 1.32. The molecule has 2 atom stereocenters. The van der Waals surface area contributed by atoms with Gasteiger partial charge in [-0.05, 0) is 17.7 Å². The Morgan fingerprint density at radius 2 is 2.12 bits per heavy atom. The lowest BCUT2D eigenvalue weighted by Gasteiger charge is -2.14. The zero-order chi connectivity index (χ0) is 13.0. The van der Waals surface area contributed by atoms with E-state index in [1.54, 1.807) is 0 Å². The van der Waals surface area contributed by atoms with Crippen molar-refractivity contribution in [2.45, 2.75) is 12.2 Å². The maximum Gasteiger partial charge on any atom is 0.339 e. The van der Waals surface area contributed by atoms with Gasteiger partial charge in [0.1, 0.15) is 17.4 Å². The van der Waals surface area contributed by atoms with E-state index in [1.807, 2.05) is 0 Å². The summed E-state index contributed by atoms with van der Waals surface area (Å²) < 4.78 is 4.85. The molecule has 6 heteroatoms. The first kappa shape index (κ1) is 13.0. The molecule has 0 spiro atoms. The smallest absolute Gasteiger partial charge is 0.339 e. The first-order valence-corrected chi connectivity index (χ1v) is 4.68. The molecular weight excluding hydrogens is 226 g/mol. The van der Waals surface area contributed by atoms with Gasteiger partial charge in [0.15, 0.2) is 6.10 Å². The lowest BCUT2D eigenvalue weighted by molar-refractivity contribution is 0.0525. The van der Waals surface area contributed by atoms with Gasteiger partial charge >= 0.3 is 5.97 Å². The third-order valence-electron chi connectivity index (χ3n) is 2.23. The number of hydrogen-bond acceptors (Lipinski definition) is 5. The number of rotatable bonds is 4. The molecule has 17 heavy (non-hydrogen) atoms. The fraction of sp³-hybridized carbons (Fsp3) is 0.273. The van der Waals surface area contributed by atoms with Crippen LogP contribution in [0.2, 0.25) is 0 Å². The number of methoxy groups -OCH3 is 1. The van der Waals surface area contributed by atoms with E-state index in [4.69, 9.17) is 20.2 Å². The minimum Gasteiger partial charge on any atom is -0.496 e. The number of benzene rings is 1. The molecule has 0 saturated heterocycles. The van der Waals surface area contributed by atoms with Crippen molar-refractivity contribution in [1.82, 2.24) is 0 Å². The van der Waals surface area contributed by atoms with Crippen LogP contribution < -0.4 is 4.74 Å². The summed E-state index contributed by atoms with van der Waals surface area (Å²) in [7, 11) is 1.29. The molecule has 2 unspecified atom stereocenters. The Hall–Kier alpha value is -2.10. The third-order valence-corrected chi connectivity index (χ3v) is 2.23. The summed E-state index contributed by atoms with van der Waals surface area (Å²) in [6.07, 6.45) is -2.98. The Morgan fingerprint density at radius 1 is 1.47 bits per heavy atom. The molecule has 0 saturated carbocycles. The number of aliphatic hydroxyl groups is 2. The molecule has 6 nitrogen and oxygen atoms in total. The van der Waals surface area contributed by atoms with Crippen molar-refractivity contribution in [2.24, 2.45) is 0 Å². The van der Waals surface area contributed by atoms with Gasteiger partial charge in [-0.25, -0.2) is 4.79 Å². The summed E-state index contributed by atoms with van der Waals surface area (Å²) in [5.41, 5.74) is 0.149. The third kappa shape index (κ3) is 2.72. The molecule has 0 amide bonds. The molecule has 0 aliphatic rings. The number of carboxylic acids is 1. The predicted octanol–water partition coefficient (Wildman–Crippen LogP) is 0.311. The Labute approximate surface area is 97.3 Å². The number of carboxylic acid groups (broad SMARTS) is 1. The summed E-state index contributed by atoms with van der Waals surface area (Å²) in [4.78, 5) is 10.8. The van der Waals surface area contributed by atoms with E-state index in [0.717, 1.165) is 0 Å². The summed E-state index contributed by atoms with van der Waals surface area (Å²) in [6.45, 7) is 0. The van der Waals surface area contributed by atoms with E-state index in [2.05, 4.69) is 0 Å². The first-order valence-electron chi connectivity index (χ1n) is 4.68.